The first-order valence-corrected chi connectivity index (χ1v) is 6.75. The summed E-state index contributed by atoms with van der Waals surface area (Å²) >= 11 is 3.46. The van der Waals surface area contributed by atoms with Crippen LogP contribution in [0.25, 0.3) is 0 Å². The molecule has 0 aliphatic carbocycles. The zero-order valence-electron chi connectivity index (χ0n) is 10.0. The average Bonchev–Trinajstić information content (AvgIpc) is 2.93. The first-order valence-electron chi connectivity index (χ1n) is 5.63. The van der Waals surface area contributed by atoms with Gasteiger partial charge in [-0.25, -0.2) is 0 Å². The predicted molar refractivity (Wildman–Crippen MR) is 73.8 cm³/mol. The second-order valence-corrected chi connectivity index (χ2v) is 4.82. The zero-order valence-corrected chi connectivity index (χ0v) is 11.6. The number of rotatable bonds is 4. The minimum Gasteiger partial charge on any atom is -0.459 e. The Labute approximate surface area is 114 Å². The maximum atomic E-state index is 12.0. The van der Waals surface area contributed by atoms with Crippen molar-refractivity contribution < 1.29 is 9.21 Å². The number of benzene rings is 1. The summed E-state index contributed by atoms with van der Waals surface area (Å²) in [5.74, 6) is 0.101. The van der Waals surface area contributed by atoms with Gasteiger partial charge < -0.3 is 9.73 Å². The van der Waals surface area contributed by atoms with E-state index in [9.17, 15) is 4.79 Å². The number of furan rings is 1. The number of carbonyl (C=O) groups is 1. The Bertz CT molecular complexity index is 510. The van der Waals surface area contributed by atoms with E-state index in [4.69, 9.17) is 4.42 Å². The first-order chi connectivity index (χ1) is 8.65. The van der Waals surface area contributed by atoms with Gasteiger partial charge in [0.25, 0.3) is 5.91 Å². The highest BCUT2D eigenvalue weighted by molar-refractivity contribution is 9.09. The lowest BCUT2D eigenvalue weighted by molar-refractivity contribution is 0.0885. The van der Waals surface area contributed by atoms with Crippen molar-refractivity contribution in [2.24, 2.45) is 0 Å². The second kappa shape index (κ2) is 5.40. The molecule has 1 unspecified atom stereocenters. The van der Waals surface area contributed by atoms with Gasteiger partial charge in [0.1, 0.15) is 0 Å². The van der Waals surface area contributed by atoms with Crippen LogP contribution >= 0.6 is 15.9 Å². The Morgan fingerprint density at radius 3 is 2.56 bits per heavy atom. The van der Waals surface area contributed by atoms with Gasteiger partial charge in [0, 0.05) is 5.33 Å². The molecule has 0 saturated heterocycles. The standard InChI is InChI=1S/C14H14BrNO2/c1-14(10-15,11-6-3-2-4-7-11)16-13(17)12-8-5-9-18-12/h2-9H,10H2,1H3,(H,16,17). The average molecular weight is 308 g/mol. The predicted octanol–water partition coefficient (Wildman–Crippen LogP) is 3.32. The third-order valence-electron chi connectivity index (χ3n) is 2.81. The Morgan fingerprint density at radius 2 is 2.00 bits per heavy atom. The normalized spacial score (nSPS) is 13.9. The van der Waals surface area contributed by atoms with E-state index in [0.29, 0.717) is 11.1 Å². The van der Waals surface area contributed by atoms with Gasteiger partial charge in [-0.05, 0) is 24.6 Å². The van der Waals surface area contributed by atoms with Crippen molar-refractivity contribution in [2.45, 2.75) is 12.5 Å². The quantitative estimate of drug-likeness (QED) is 0.880. The fourth-order valence-electron chi connectivity index (χ4n) is 1.71. The van der Waals surface area contributed by atoms with E-state index in [0.717, 1.165) is 5.56 Å². The van der Waals surface area contributed by atoms with Crippen molar-refractivity contribution in [1.82, 2.24) is 5.32 Å². The van der Waals surface area contributed by atoms with Gasteiger partial charge in [-0.15, -0.1) is 0 Å². The summed E-state index contributed by atoms with van der Waals surface area (Å²) in [6.45, 7) is 1.97. The molecule has 0 saturated carbocycles. The number of alkyl halides is 1. The van der Waals surface area contributed by atoms with Crippen molar-refractivity contribution >= 4 is 21.8 Å². The highest BCUT2D eigenvalue weighted by Crippen LogP contribution is 2.23. The molecule has 1 amide bonds. The molecule has 0 fully saturated rings. The van der Waals surface area contributed by atoms with Crippen LogP contribution in [-0.2, 0) is 5.54 Å². The summed E-state index contributed by atoms with van der Waals surface area (Å²) in [4.78, 5) is 12.0. The molecule has 1 atom stereocenters. The van der Waals surface area contributed by atoms with Crippen molar-refractivity contribution in [3.63, 3.8) is 0 Å². The molecule has 0 bridgehead atoms. The lowest BCUT2D eigenvalue weighted by Crippen LogP contribution is -2.44. The van der Waals surface area contributed by atoms with E-state index in [1.807, 2.05) is 37.3 Å². The number of hydrogen-bond acceptors (Lipinski definition) is 2. The molecule has 0 radical (unpaired) electrons. The molecule has 2 aromatic rings. The van der Waals surface area contributed by atoms with Crippen molar-refractivity contribution in [3.05, 3.63) is 60.1 Å². The Morgan fingerprint density at radius 1 is 1.28 bits per heavy atom. The van der Waals surface area contributed by atoms with Crippen LogP contribution in [0.5, 0.6) is 0 Å². The maximum absolute atomic E-state index is 12.0. The van der Waals surface area contributed by atoms with Crippen LogP contribution in [0.2, 0.25) is 0 Å². The molecule has 0 aliphatic rings. The van der Waals surface area contributed by atoms with E-state index in [-0.39, 0.29) is 5.91 Å². The molecule has 3 nitrogen and oxygen atoms in total. The Hall–Kier alpha value is -1.55. The van der Waals surface area contributed by atoms with Crippen LogP contribution < -0.4 is 5.32 Å². The summed E-state index contributed by atoms with van der Waals surface area (Å²) in [6.07, 6.45) is 1.49. The van der Waals surface area contributed by atoms with Crippen LogP contribution in [0.15, 0.2) is 53.1 Å². The van der Waals surface area contributed by atoms with E-state index < -0.39 is 5.54 Å². The SMILES string of the molecule is CC(CBr)(NC(=O)c1ccco1)c1ccccc1. The van der Waals surface area contributed by atoms with Gasteiger partial charge in [-0.2, -0.15) is 0 Å². The molecule has 0 aliphatic heterocycles. The molecule has 1 N–H and O–H groups in total. The van der Waals surface area contributed by atoms with Crippen LogP contribution in [0.3, 0.4) is 0 Å². The van der Waals surface area contributed by atoms with Crippen LogP contribution in [0.4, 0.5) is 0 Å². The Balaban J connectivity index is 2.21. The minimum atomic E-state index is -0.467. The minimum absolute atomic E-state index is 0.217. The first kappa shape index (κ1) is 12.9. The van der Waals surface area contributed by atoms with Gasteiger partial charge >= 0.3 is 0 Å². The topological polar surface area (TPSA) is 42.2 Å². The molecular weight excluding hydrogens is 294 g/mol. The summed E-state index contributed by atoms with van der Waals surface area (Å²) in [5, 5.41) is 3.60. The molecule has 1 aromatic carbocycles. The molecule has 2 rings (SSSR count). The van der Waals surface area contributed by atoms with Gasteiger partial charge in [0.2, 0.25) is 0 Å². The molecular formula is C14H14BrNO2. The molecule has 1 heterocycles. The summed E-state index contributed by atoms with van der Waals surface area (Å²) in [7, 11) is 0. The number of amides is 1. The van der Waals surface area contributed by atoms with Crippen LogP contribution in [0, 0.1) is 0 Å². The lowest BCUT2D eigenvalue weighted by Gasteiger charge is -2.29. The maximum Gasteiger partial charge on any atom is 0.287 e. The number of hydrogen-bond donors (Lipinski definition) is 1. The molecule has 0 spiro atoms. The van der Waals surface area contributed by atoms with Gasteiger partial charge in [0.05, 0.1) is 11.8 Å². The van der Waals surface area contributed by atoms with Crippen molar-refractivity contribution in [1.29, 1.82) is 0 Å². The molecule has 94 valence electrons. The van der Waals surface area contributed by atoms with Gasteiger partial charge in [-0.3, -0.25) is 4.79 Å². The lowest BCUT2D eigenvalue weighted by atomic mass is 9.94. The van der Waals surface area contributed by atoms with E-state index in [2.05, 4.69) is 21.2 Å². The molecule has 18 heavy (non-hydrogen) atoms. The summed E-state index contributed by atoms with van der Waals surface area (Å²) in [5.41, 5.74) is 0.576. The number of nitrogens with one attached hydrogen (secondary N) is 1. The van der Waals surface area contributed by atoms with Crippen molar-refractivity contribution in [3.8, 4) is 0 Å². The van der Waals surface area contributed by atoms with Gasteiger partial charge in [-0.1, -0.05) is 46.3 Å². The van der Waals surface area contributed by atoms with Crippen LogP contribution in [0.1, 0.15) is 23.0 Å². The van der Waals surface area contributed by atoms with E-state index in [1.165, 1.54) is 6.26 Å². The number of halogens is 1. The van der Waals surface area contributed by atoms with E-state index in [1.54, 1.807) is 12.1 Å². The largest absolute Gasteiger partial charge is 0.459 e. The number of carbonyl (C=O) groups excluding carboxylic acids is 1. The highest BCUT2D eigenvalue weighted by Gasteiger charge is 2.28. The monoisotopic (exact) mass is 307 g/mol. The third-order valence-corrected chi connectivity index (χ3v) is 3.93. The van der Waals surface area contributed by atoms with Crippen LogP contribution in [-0.4, -0.2) is 11.2 Å². The summed E-state index contributed by atoms with van der Waals surface area (Å²) < 4.78 is 5.09. The highest BCUT2D eigenvalue weighted by atomic mass is 79.9. The van der Waals surface area contributed by atoms with E-state index >= 15 is 0 Å². The Kier molecular flexibility index (Phi) is 3.87. The third kappa shape index (κ3) is 2.64. The fourth-order valence-corrected chi connectivity index (χ4v) is 2.17. The van der Waals surface area contributed by atoms with Crippen molar-refractivity contribution in [2.75, 3.05) is 5.33 Å². The smallest absolute Gasteiger partial charge is 0.287 e. The molecule has 4 heteroatoms. The molecule has 1 aromatic heterocycles. The van der Waals surface area contributed by atoms with Gasteiger partial charge in [0.15, 0.2) is 5.76 Å². The fraction of sp³-hybridized carbons (Fsp3) is 0.214. The zero-order chi connectivity index (χ0) is 13.0. The second-order valence-electron chi connectivity index (χ2n) is 4.26. The summed E-state index contributed by atoms with van der Waals surface area (Å²) in [6, 6.07) is 13.2.